The Bertz CT molecular complexity index is 669. The van der Waals surface area contributed by atoms with Gasteiger partial charge in [0.25, 0.3) is 0 Å². The number of hydrogen-bond acceptors (Lipinski definition) is 2. The molecule has 2 aromatic rings. The Hall–Kier alpha value is -2.69. The zero-order valence-electron chi connectivity index (χ0n) is 12.2. The van der Waals surface area contributed by atoms with E-state index in [1.807, 2.05) is 19.1 Å². The lowest BCUT2D eigenvalue weighted by Crippen LogP contribution is -2.28. The van der Waals surface area contributed by atoms with E-state index in [1.165, 1.54) is 6.07 Å². The number of anilines is 1. The molecule has 5 heteroatoms. The van der Waals surface area contributed by atoms with E-state index in [-0.39, 0.29) is 18.8 Å². The van der Waals surface area contributed by atoms with Gasteiger partial charge in [-0.2, -0.15) is 0 Å². The van der Waals surface area contributed by atoms with Gasteiger partial charge < -0.3 is 10.6 Å². The quantitative estimate of drug-likeness (QED) is 0.834. The highest BCUT2D eigenvalue weighted by Crippen LogP contribution is 2.09. The van der Waals surface area contributed by atoms with Crippen molar-refractivity contribution in [3.05, 3.63) is 65.5 Å². The van der Waals surface area contributed by atoms with E-state index in [0.717, 1.165) is 5.56 Å². The van der Waals surface area contributed by atoms with Gasteiger partial charge >= 0.3 is 0 Å². The molecule has 2 amide bonds. The van der Waals surface area contributed by atoms with Crippen LogP contribution in [0.1, 0.15) is 17.5 Å². The van der Waals surface area contributed by atoms with Gasteiger partial charge in [-0.3, -0.25) is 9.59 Å². The monoisotopic (exact) mass is 300 g/mol. The molecule has 0 aliphatic heterocycles. The molecule has 0 saturated heterocycles. The Morgan fingerprint density at radius 2 is 1.68 bits per heavy atom. The van der Waals surface area contributed by atoms with Crippen LogP contribution in [-0.4, -0.2) is 11.8 Å². The summed E-state index contributed by atoms with van der Waals surface area (Å²) >= 11 is 0. The fourth-order valence-electron chi connectivity index (χ4n) is 1.89. The van der Waals surface area contributed by atoms with Crippen LogP contribution in [-0.2, 0) is 16.1 Å². The summed E-state index contributed by atoms with van der Waals surface area (Å²) in [4.78, 5) is 23.4. The molecule has 2 N–H and O–H groups in total. The van der Waals surface area contributed by atoms with Gasteiger partial charge in [-0.05, 0) is 25.1 Å². The molecule has 22 heavy (non-hydrogen) atoms. The fraction of sp³-hybridized carbons (Fsp3) is 0.176. The standard InChI is InChI=1S/C17H17FN2O2/c1-12-6-8-14(9-7-12)20-17(22)10-16(21)19-11-13-4-2-3-5-15(13)18/h2-9H,10-11H2,1H3,(H,19,21)(H,20,22). The first-order chi connectivity index (χ1) is 10.5. The number of hydrogen-bond donors (Lipinski definition) is 2. The van der Waals surface area contributed by atoms with Crippen molar-refractivity contribution in [2.24, 2.45) is 0 Å². The summed E-state index contributed by atoms with van der Waals surface area (Å²) in [6.45, 7) is 2.01. The van der Waals surface area contributed by atoms with Gasteiger partial charge in [-0.1, -0.05) is 35.9 Å². The first-order valence-electron chi connectivity index (χ1n) is 6.91. The lowest BCUT2D eigenvalue weighted by Gasteiger charge is -2.07. The lowest BCUT2D eigenvalue weighted by atomic mass is 10.2. The number of benzene rings is 2. The van der Waals surface area contributed by atoms with Crippen molar-refractivity contribution in [2.45, 2.75) is 19.9 Å². The number of rotatable bonds is 5. The Morgan fingerprint density at radius 3 is 2.36 bits per heavy atom. The smallest absolute Gasteiger partial charge is 0.233 e. The minimum absolute atomic E-state index is 0.0588. The zero-order chi connectivity index (χ0) is 15.9. The summed E-state index contributed by atoms with van der Waals surface area (Å²) in [5.41, 5.74) is 2.10. The molecule has 0 aromatic heterocycles. The SMILES string of the molecule is Cc1ccc(NC(=O)CC(=O)NCc2ccccc2F)cc1. The highest BCUT2D eigenvalue weighted by molar-refractivity contribution is 6.03. The maximum absolute atomic E-state index is 13.4. The van der Waals surface area contributed by atoms with E-state index in [4.69, 9.17) is 0 Å². The third-order valence-corrected chi connectivity index (χ3v) is 3.09. The molecule has 0 radical (unpaired) electrons. The van der Waals surface area contributed by atoms with Gasteiger partial charge in [0.1, 0.15) is 12.2 Å². The highest BCUT2D eigenvalue weighted by atomic mass is 19.1. The maximum atomic E-state index is 13.4. The Labute approximate surface area is 128 Å². The first-order valence-corrected chi connectivity index (χ1v) is 6.91. The van der Waals surface area contributed by atoms with Crippen LogP contribution in [0.3, 0.4) is 0 Å². The Morgan fingerprint density at radius 1 is 1.00 bits per heavy atom. The molecule has 4 nitrogen and oxygen atoms in total. The molecule has 0 atom stereocenters. The average molecular weight is 300 g/mol. The lowest BCUT2D eigenvalue weighted by molar-refractivity contribution is -0.126. The third-order valence-electron chi connectivity index (χ3n) is 3.09. The van der Waals surface area contributed by atoms with Crippen molar-refractivity contribution in [1.82, 2.24) is 5.32 Å². The first kappa shape index (κ1) is 15.7. The number of halogens is 1. The second-order valence-corrected chi connectivity index (χ2v) is 4.96. The fourth-order valence-corrected chi connectivity index (χ4v) is 1.89. The summed E-state index contributed by atoms with van der Waals surface area (Å²) < 4.78 is 13.4. The van der Waals surface area contributed by atoms with E-state index in [9.17, 15) is 14.0 Å². The van der Waals surface area contributed by atoms with Crippen LogP contribution in [0.5, 0.6) is 0 Å². The van der Waals surface area contributed by atoms with Gasteiger partial charge in [-0.15, -0.1) is 0 Å². The van der Waals surface area contributed by atoms with Gasteiger partial charge in [0.15, 0.2) is 0 Å². The van der Waals surface area contributed by atoms with Gasteiger partial charge in [0, 0.05) is 17.8 Å². The molecule has 0 aliphatic carbocycles. The van der Waals surface area contributed by atoms with Crippen LogP contribution in [0.25, 0.3) is 0 Å². The van der Waals surface area contributed by atoms with E-state index >= 15 is 0 Å². The van der Waals surface area contributed by atoms with Crippen molar-refractivity contribution in [3.63, 3.8) is 0 Å². The van der Waals surface area contributed by atoms with E-state index < -0.39 is 11.8 Å². The predicted molar refractivity (Wildman–Crippen MR) is 82.7 cm³/mol. The average Bonchev–Trinajstić information content (AvgIpc) is 2.49. The molecule has 0 unspecified atom stereocenters. The molecule has 0 spiro atoms. The van der Waals surface area contributed by atoms with Crippen LogP contribution >= 0.6 is 0 Å². The van der Waals surface area contributed by atoms with E-state index in [1.54, 1.807) is 30.3 Å². The molecule has 0 aliphatic rings. The number of aryl methyl sites for hydroxylation is 1. The van der Waals surface area contributed by atoms with Crippen LogP contribution in [0, 0.1) is 12.7 Å². The summed E-state index contributed by atoms with van der Waals surface area (Å²) in [5, 5.41) is 5.16. The third kappa shape index (κ3) is 4.70. The minimum Gasteiger partial charge on any atom is -0.351 e. The van der Waals surface area contributed by atoms with Crippen molar-refractivity contribution in [1.29, 1.82) is 0 Å². The Balaban J connectivity index is 1.80. The summed E-state index contributed by atoms with van der Waals surface area (Å²) in [6, 6.07) is 13.5. The van der Waals surface area contributed by atoms with Crippen molar-refractivity contribution in [3.8, 4) is 0 Å². The topological polar surface area (TPSA) is 58.2 Å². The molecule has 0 fully saturated rings. The number of nitrogens with one attached hydrogen (secondary N) is 2. The van der Waals surface area contributed by atoms with Crippen molar-refractivity contribution < 1.29 is 14.0 Å². The molecule has 2 rings (SSSR count). The largest absolute Gasteiger partial charge is 0.351 e. The summed E-state index contributed by atoms with van der Waals surface area (Å²) in [5.74, 6) is -1.24. The van der Waals surface area contributed by atoms with Crippen LogP contribution < -0.4 is 10.6 Å². The zero-order valence-corrected chi connectivity index (χ0v) is 12.2. The summed E-state index contributed by atoms with van der Waals surface area (Å²) in [6.07, 6.45) is -0.303. The van der Waals surface area contributed by atoms with Crippen LogP contribution in [0.2, 0.25) is 0 Å². The van der Waals surface area contributed by atoms with Gasteiger partial charge in [0.05, 0.1) is 0 Å². The van der Waals surface area contributed by atoms with Crippen molar-refractivity contribution in [2.75, 3.05) is 5.32 Å². The van der Waals surface area contributed by atoms with Gasteiger partial charge in [-0.25, -0.2) is 4.39 Å². The van der Waals surface area contributed by atoms with Crippen LogP contribution in [0.15, 0.2) is 48.5 Å². The second kappa shape index (κ2) is 7.36. The molecular formula is C17H17FN2O2. The number of carbonyl (C=O) groups is 2. The maximum Gasteiger partial charge on any atom is 0.233 e. The number of carbonyl (C=O) groups excluding carboxylic acids is 2. The normalized spacial score (nSPS) is 10.1. The molecule has 2 aromatic carbocycles. The van der Waals surface area contributed by atoms with Crippen LogP contribution in [0.4, 0.5) is 10.1 Å². The summed E-state index contributed by atoms with van der Waals surface area (Å²) in [7, 11) is 0. The molecule has 114 valence electrons. The van der Waals surface area contributed by atoms with E-state index in [0.29, 0.717) is 11.3 Å². The highest BCUT2D eigenvalue weighted by Gasteiger charge is 2.10. The second-order valence-electron chi connectivity index (χ2n) is 4.96. The predicted octanol–water partition coefficient (Wildman–Crippen LogP) is 2.78. The van der Waals surface area contributed by atoms with Gasteiger partial charge in [0.2, 0.25) is 11.8 Å². The molecule has 0 bridgehead atoms. The van der Waals surface area contributed by atoms with Crippen molar-refractivity contribution >= 4 is 17.5 Å². The van der Waals surface area contributed by atoms with E-state index in [2.05, 4.69) is 10.6 Å². The number of amides is 2. The Kier molecular flexibility index (Phi) is 5.25. The molecular weight excluding hydrogens is 283 g/mol. The minimum atomic E-state index is -0.451. The molecule has 0 heterocycles. The molecule has 0 saturated carbocycles.